The molecule has 18 heavy (non-hydrogen) atoms. The third-order valence-corrected chi connectivity index (χ3v) is 3.66. The highest BCUT2D eigenvalue weighted by atomic mass is 32.1. The Bertz CT molecular complexity index is 551. The zero-order chi connectivity index (χ0) is 13.0. The molecule has 0 aliphatic carbocycles. The molecule has 0 bridgehead atoms. The predicted octanol–water partition coefficient (Wildman–Crippen LogP) is 2.42. The van der Waals surface area contributed by atoms with E-state index in [1.54, 1.807) is 30.6 Å². The molecule has 4 nitrogen and oxygen atoms in total. The summed E-state index contributed by atoms with van der Waals surface area (Å²) in [6.45, 7) is 2.86. The summed E-state index contributed by atoms with van der Waals surface area (Å²) in [6, 6.07) is 5.71. The average Bonchev–Trinajstić information content (AvgIpc) is 2.81. The van der Waals surface area contributed by atoms with Gasteiger partial charge in [-0.05, 0) is 36.1 Å². The molecule has 2 heterocycles. The fraction of sp³-hybridized carbons (Fsp3) is 0.231. The molecule has 0 aliphatic rings. The standard InChI is InChI=1S/C13H15N3OS/c1-9-4-6-18-12(9)8-16-10-3-5-15-11(7-10)13(17)14-2/h3-7H,8H2,1-2H3,(H,14,17)(H,15,16). The van der Waals surface area contributed by atoms with Crippen LogP contribution >= 0.6 is 11.3 Å². The number of rotatable bonds is 4. The van der Waals surface area contributed by atoms with Crippen molar-refractivity contribution in [2.75, 3.05) is 12.4 Å². The van der Waals surface area contributed by atoms with Crippen molar-refractivity contribution in [1.82, 2.24) is 10.3 Å². The first-order valence-corrected chi connectivity index (χ1v) is 6.53. The van der Waals surface area contributed by atoms with Gasteiger partial charge in [0.25, 0.3) is 5.91 Å². The highest BCUT2D eigenvalue weighted by molar-refractivity contribution is 7.10. The Balaban J connectivity index is 2.06. The van der Waals surface area contributed by atoms with Crippen LogP contribution in [0.3, 0.4) is 0 Å². The van der Waals surface area contributed by atoms with Crippen LogP contribution in [0.15, 0.2) is 29.8 Å². The Hall–Kier alpha value is -1.88. The molecule has 0 radical (unpaired) electrons. The summed E-state index contributed by atoms with van der Waals surface area (Å²) < 4.78 is 0. The number of nitrogens with one attached hydrogen (secondary N) is 2. The maximum Gasteiger partial charge on any atom is 0.269 e. The van der Waals surface area contributed by atoms with Crippen molar-refractivity contribution in [3.8, 4) is 0 Å². The van der Waals surface area contributed by atoms with E-state index in [9.17, 15) is 4.79 Å². The molecule has 0 spiro atoms. The molecule has 0 fully saturated rings. The Morgan fingerprint density at radius 3 is 2.94 bits per heavy atom. The van der Waals surface area contributed by atoms with Crippen molar-refractivity contribution >= 4 is 22.9 Å². The van der Waals surface area contributed by atoms with Crippen molar-refractivity contribution < 1.29 is 4.79 Å². The van der Waals surface area contributed by atoms with Crippen LogP contribution in [0.5, 0.6) is 0 Å². The number of pyridine rings is 1. The van der Waals surface area contributed by atoms with E-state index in [2.05, 4.69) is 34.0 Å². The monoisotopic (exact) mass is 261 g/mol. The van der Waals surface area contributed by atoms with Gasteiger partial charge in [-0.2, -0.15) is 0 Å². The molecule has 0 unspecified atom stereocenters. The van der Waals surface area contributed by atoms with Crippen molar-refractivity contribution in [3.63, 3.8) is 0 Å². The first kappa shape index (κ1) is 12.6. The third kappa shape index (κ3) is 2.87. The summed E-state index contributed by atoms with van der Waals surface area (Å²) in [5, 5.41) is 7.94. The van der Waals surface area contributed by atoms with Crippen molar-refractivity contribution in [2.45, 2.75) is 13.5 Å². The second-order valence-corrected chi connectivity index (χ2v) is 4.89. The van der Waals surface area contributed by atoms with Gasteiger partial charge in [0.2, 0.25) is 0 Å². The van der Waals surface area contributed by atoms with Crippen LogP contribution in [0.2, 0.25) is 0 Å². The molecular weight excluding hydrogens is 246 g/mol. The van der Waals surface area contributed by atoms with E-state index in [1.165, 1.54) is 10.4 Å². The maximum absolute atomic E-state index is 11.5. The number of amides is 1. The minimum atomic E-state index is -0.175. The van der Waals surface area contributed by atoms with E-state index in [0.29, 0.717) is 5.69 Å². The minimum absolute atomic E-state index is 0.175. The number of aryl methyl sites for hydroxylation is 1. The lowest BCUT2D eigenvalue weighted by molar-refractivity contribution is 0.0958. The average molecular weight is 261 g/mol. The van der Waals surface area contributed by atoms with Gasteiger partial charge in [0.15, 0.2) is 0 Å². The third-order valence-electron chi connectivity index (χ3n) is 2.64. The van der Waals surface area contributed by atoms with Crippen LogP contribution in [0.1, 0.15) is 20.9 Å². The summed E-state index contributed by atoms with van der Waals surface area (Å²) in [5.41, 5.74) is 2.61. The molecule has 5 heteroatoms. The number of carbonyl (C=O) groups excluding carboxylic acids is 1. The SMILES string of the molecule is CNC(=O)c1cc(NCc2sccc2C)ccn1. The zero-order valence-electron chi connectivity index (χ0n) is 10.4. The van der Waals surface area contributed by atoms with Gasteiger partial charge in [-0.3, -0.25) is 9.78 Å². The molecule has 2 N–H and O–H groups in total. The van der Waals surface area contributed by atoms with Crippen molar-refractivity contribution in [2.24, 2.45) is 0 Å². The van der Waals surface area contributed by atoms with Gasteiger partial charge < -0.3 is 10.6 Å². The lowest BCUT2D eigenvalue weighted by atomic mass is 10.2. The lowest BCUT2D eigenvalue weighted by Gasteiger charge is -2.07. The molecule has 2 rings (SSSR count). The zero-order valence-corrected chi connectivity index (χ0v) is 11.2. The molecule has 1 amide bonds. The first-order chi connectivity index (χ1) is 8.70. The van der Waals surface area contributed by atoms with E-state index in [0.717, 1.165) is 12.2 Å². The van der Waals surface area contributed by atoms with E-state index >= 15 is 0 Å². The second kappa shape index (κ2) is 5.64. The first-order valence-electron chi connectivity index (χ1n) is 5.65. The highest BCUT2D eigenvalue weighted by Gasteiger charge is 2.05. The molecule has 0 aromatic carbocycles. The fourth-order valence-electron chi connectivity index (χ4n) is 1.56. The smallest absolute Gasteiger partial charge is 0.269 e. The largest absolute Gasteiger partial charge is 0.380 e. The number of thiophene rings is 1. The van der Waals surface area contributed by atoms with E-state index in [1.807, 2.05) is 6.07 Å². The molecule has 0 aliphatic heterocycles. The topological polar surface area (TPSA) is 54.0 Å². The van der Waals surface area contributed by atoms with Crippen LogP contribution in [-0.4, -0.2) is 17.9 Å². The Labute approximate surface area is 110 Å². The molecule has 94 valence electrons. The van der Waals surface area contributed by atoms with Gasteiger partial charge in [-0.15, -0.1) is 11.3 Å². The minimum Gasteiger partial charge on any atom is -0.380 e. The summed E-state index contributed by atoms with van der Waals surface area (Å²) in [7, 11) is 1.60. The molecular formula is C13H15N3OS. The van der Waals surface area contributed by atoms with Crippen LogP contribution in [0, 0.1) is 6.92 Å². The lowest BCUT2D eigenvalue weighted by Crippen LogP contribution is -2.19. The van der Waals surface area contributed by atoms with Gasteiger partial charge in [0, 0.05) is 30.4 Å². The number of hydrogen-bond acceptors (Lipinski definition) is 4. The number of anilines is 1. The van der Waals surface area contributed by atoms with E-state index in [4.69, 9.17) is 0 Å². The van der Waals surface area contributed by atoms with Crippen LogP contribution < -0.4 is 10.6 Å². The normalized spacial score (nSPS) is 10.1. The van der Waals surface area contributed by atoms with Gasteiger partial charge >= 0.3 is 0 Å². The quantitative estimate of drug-likeness (QED) is 0.888. The van der Waals surface area contributed by atoms with Crippen molar-refractivity contribution in [1.29, 1.82) is 0 Å². The van der Waals surface area contributed by atoms with Gasteiger partial charge in [-0.1, -0.05) is 0 Å². The van der Waals surface area contributed by atoms with Crippen LogP contribution in [0.4, 0.5) is 5.69 Å². The van der Waals surface area contributed by atoms with E-state index < -0.39 is 0 Å². The summed E-state index contributed by atoms with van der Waals surface area (Å²) in [5.74, 6) is -0.175. The number of aromatic nitrogens is 1. The maximum atomic E-state index is 11.5. The van der Waals surface area contributed by atoms with Gasteiger partial charge in [-0.25, -0.2) is 0 Å². The van der Waals surface area contributed by atoms with Crippen LogP contribution in [0.25, 0.3) is 0 Å². The van der Waals surface area contributed by atoms with Crippen LogP contribution in [-0.2, 0) is 6.54 Å². The molecule has 2 aromatic rings. The molecule has 0 atom stereocenters. The predicted molar refractivity (Wildman–Crippen MR) is 74.0 cm³/mol. The molecule has 2 aromatic heterocycles. The molecule has 0 saturated carbocycles. The number of carbonyl (C=O) groups is 1. The van der Waals surface area contributed by atoms with Gasteiger partial charge in [0.05, 0.1) is 0 Å². The Morgan fingerprint density at radius 1 is 1.44 bits per heavy atom. The second-order valence-electron chi connectivity index (χ2n) is 3.89. The summed E-state index contributed by atoms with van der Waals surface area (Å²) >= 11 is 1.73. The Morgan fingerprint density at radius 2 is 2.28 bits per heavy atom. The summed E-state index contributed by atoms with van der Waals surface area (Å²) in [4.78, 5) is 16.8. The molecule has 0 saturated heterocycles. The fourth-order valence-corrected chi connectivity index (χ4v) is 2.41. The van der Waals surface area contributed by atoms with Gasteiger partial charge in [0.1, 0.15) is 5.69 Å². The number of hydrogen-bond donors (Lipinski definition) is 2. The number of nitrogens with zero attached hydrogens (tertiary/aromatic N) is 1. The summed E-state index contributed by atoms with van der Waals surface area (Å²) in [6.07, 6.45) is 1.63. The van der Waals surface area contributed by atoms with Crippen molar-refractivity contribution in [3.05, 3.63) is 45.9 Å². The highest BCUT2D eigenvalue weighted by Crippen LogP contribution is 2.17. The van der Waals surface area contributed by atoms with E-state index in [-0.39, 0.29) is 5.91 Å². The Kier molecular flexibility index (Phi) is 3.94.